The molecule has 0 aromatic heterocycles. The fourth-order valence-corrected chi connectivity index (χ4v) is 4.17. The van der Waals surface area contributed by atoms with E-state index in [0.717, 1.165) is 45.6 Å². The Kier molecular flexibility index (Phi) is 7.44. The fourth-order valence-electron chi connectivity index (χ4n) is 4.17. The summed E-state index contributed by atoms with van der Waals surface area (Å²) < 4.78 is 14.8. The highest BCUT2D eigenvalue weighted by Gasteiger charge is 2.27. The van der Waals surface area contributed by atoms with Crippen LogP contribution in [-0.4, -0.2) is 68.6 Å². The molecule has 2 unspecified atom stereocenters. The van der Waals surface area contributed by atoms with Gasteiger partial charge in [-0.1, -0.05) is 6.92 Å². The van der Waals surface area contributed by atoms with Crippen molar-refractivity contribution in [3.05, 3.63) is 24.0 Å². The van der Waals surface area contributed by atoms with E-state index in [2.05, 4.69) is 32.7 Å². The Bertz CT molecular complexity index is 721. The van der Waals surface area contributed by atoms with E-state index in [4.69, 9.17) is 0 Å². The van der Waals surface area contributed by atoms with Crippen LogP contribution in [0.2, 0.25) is 0 Å². The second-order valence-electron chi connectivity index (χ2n) is 7.79. The van der Waals surface area contributed by atoms with Crippen LogP contribution in [0.3, 0.4) is 0 Å². The predicted molar refractivity (Wildman–Crippen MR) is 113 cm³/mol. The van der Waals surface area contributed by atoms with Crippen LogP contribution in [0.25, 0.3) is 0 Å². The van der Waals surface area contributed by atoms with E-state index >= 15 is 0 Å². The highest BCUT2D eigenvalue weighted by Crippen LogP contribution is 2.26. The number of amides is 2. The normalized spacial score (nSPS) is 21.8. The van der Waals surface area contributed by atoms with Crippen molar-refractivity contribution in [1.82, 2.24) is 15.5 Å². The van der Waals surface area contributed by atoms with E-state index in [9.17, 15) is 14.0 Å². The summed E-state index contributed by atoms with van der Waals surface area (Å²) in [7, 11) is 1.98. The first-order valence-electron chi connectivity index (χ1n) is 10.5. The average molecular weight is 406 g/mol. The minimum atomic E-state index is -0.509. The zero-order valence-electron chi connectivity index (χ0n) is 17.3. The number of carbonyl (C=O) groups excluding carboxylic acids is 2. The molecule has 2 amide bonds. The van der Waals surface area contributed by atoms with E-state index in [0.29, 0.717) is 30.3 Å². The molecule has 2 aliphatic heterocycles. The zero-order valence-corrected chi connectivity index (χ0v) is 17.3. The van der Waals surface area contributed by atoms with Crippen molar-refractivity contribution in [1.29, 1.82) is 0 Å². The van der Waals surface area contributed by atoms with Crippen LogP contribution in [-0.2, 0) is 9.59 Å². The first kappa shape index (κ1) is 21.5. The van der Waals surface area contributed by atoms with Gasteiger partial charge in [0.2, 0.25) is 11.8 Å². The maximum atomic E-state index is 14.8. The molecule has 1 aromatic carbocycles. The van der Waals surface area contributed by atoms with Crippen molar-refractivity contribution in [2.24, 2.45) is 0 Å². The summed E-state index contributed by atoms with van der Waals surface area (Å²) in [6, 6.07) is 5.07. The van der Waals surface area contributed by atoms with Gasteiger partial charge < -0.3 is 15.5 Å². The summed E-state index contributed by atoms with van der Waals surface area (Å²) in [6.45, 7) is 6.69. The van der Waals surface area contributed by atoms with Crippen molar-refractivity contribution >= 4 is 23.2 Å². The number of anilines is 2. The van der Waals surface area contributed by atoms with Gasteiger partial charge in [-0.05, 0) is 51.1 Å². The number of hydrogen-bond acceptors (Lipinski definition) is 6. The second kappa shape index (κ2) is 10.0. The van der Waals surface area contributed by atoms with Crippen LogP contribution < -0.4 is 20.9 Å². The van der Waals surface area contributed by atoms with Crippen LogP contribution >= 0.6 is 0 Å². The van der Waals surface area contributed by atoms with E-state index in [1.54, 1.807) is 12.1 Å². The number of piperazine rings is 1. The highest BCUT2D eigenvalue weighted by atomic mass is 19.1. The van der Waals surface area contributed by atoms with Gasteiger partial charge in [0.25, 0.3) is 0 Å². The lowest BCUT2D eigenvalue weighted by Gasteiger charge is -2.40. The van der Waals surface area contributed by atoms with Gasteiger partial charge in [-0.2, -0.15) is 0 Å². The topological polar surface area (TPSA) is 76.7 Å². The number of hydrogen-bond donors (Lipinski definition) is 3. The fraction of sp³-hybridized carbons (Fsp3) is 0.619. The van der Waals surface area contributed by atoms with E-state index in [-0.39, 0.29) is 17.6 Å². The number of rotatable bonds is 8. The molecule has 3 N–H and O–H groups in total. The summed E-state index contributed by atoms with van der Waals surface area (Å²) >= 11 is 0. The molecule has 2 saturated heterocycles. The summed E-state index contributed by atoms with van der Waals surface area (Å²) in [5.41, 5.74) is 1.15. The van der Waals surface area contributed by atoms with Crippen molar-refractivity contribution in [3.63, 3.8) is 0 Å². The molecule has 2 atom stereocenters. The average Bonchev–Trinajstić information content (AvgIpc) is 2.71. The molecule has 160 valence electrons. The Morgan fingerprint density at radius 3 is 2.62 bits per heavy atom. The SMILES string of the molecule is CCC(CCNC)N1CCN(c2ccc(NC3CCC(=O)NC3=O)cc2F)CC1. The van der Waals surface area contributed by atoms with Crippen molar-refractivity contribution < 1.29 is 14.0 Å². The smallest absolute Gasteiger partial charge is 0.249 e. The summed E-state index contributed by atoms with van der Waals surface area (Å²) in [5.74, 6) is -0.909. The Labute approximate surface area is 172 Å². The van der Waals surface area contributed by atoms with Crippen molar-refractivity contribution in [2.45, 2.75) is 44.7 Å². The van der Waals surface area contributed by atoms with Crippen LogP contribution in [0.5, 0.6) is 0 Å². The molecule has 3 rings (SSSR count). The summed E-state index contributed by atoms with van der Waals surface area (Å²) in [6.07, 6.45) is 2.96. The maximum absolute atomic E-state index is 14.8. The molecule has 0 spiro atoms. The Morgan fingerprint density at radius 2 is 2.00 bits per heavy atom. The quantitative estimate of drug-likeness (QED) is 0.570. The summed E-state index contributed by atoms with van der Waals surface area (Å²) in [5, 5.41) is 8.56. The molecule has 0 saturated carbocycles. The van der Waals surface area contributed by atoms with Crippen molar-refractivity contribution in [3.8, 4) is 0 Å². The molecular formula is C21H32FN5O2. The largest absolute Gasteiger partial charge is 0.374 e. The number of carbonyl (C=O) groups is 2. The van der Waals surface area contributed by atoms with E-state index < -0.39 is 6.04 Å². The molecule has 8 heteroatoms. The first-order chi connectivity index (χ1) is 14.0. The number of piperidine rings is 1. The predicted octanol–water partition coefficient (Wildman–Crippen LogP) is 1.55. The van der Waals surface area contributed by atoms with E-state index in [1.807, 2.05) is 7.05 Å². The Morgan fingerprint density at radius 1 is 1.24 bits per heavy atom. The molecular weight excluding hydrogens is 373 g/mol. The minimum absolute atomic E-state index is 0.259. The molecule has 29 heavy (non-hydrogen) atoms. The Balaban J connectivity index is 1.57. The second-order valence-corrected chi connectivity index (χ2v) is 7.79. The molecule has 2 heterocycles. The molecule has 0 bridgehead atoms. The third-order valence-corrected chi connectivity index (χ3v) is 5.90. The van der Waals surface area contributed by atoms with Crippen molar-refractivity contribution in [2.75, 3.05) is 50.0 Å². The maximum Gasteiger partial charge on any atom is 0.249 e. The van der Waals surface area contributed by atoms with Crippen LogP contribution in [0.15, 0.2) is 18.2 Å². The number of nitrogens with zero attached hydrogens (tertiary/aromatic N) is 2. The van der Waals surface area contributed by atoms with Gasteiger partial charge in [0.05, 0.1) is 5.69 Å². The van der Waals surface area contributed by atoms with E-state index in [1.165, 1.54) is 6.07 Å². The van der Waals surface area contributed by atoms with Gasteiger partial charge in [0.1, 0.15) is 11.9 Å². The molecule has 0 radical (unpaired) electrons. The minimum Gasteiger partial charge on any atom is -0.374 e. The number of nitrogens with one attached hydrogen (secondary N) is 3. The number of halogens is 1. The lowest BCUT2D eigenvalue weighted by Crippen LogP contribution is -2.51. The van der Waals surface area contributed by atoms with Gasteiger partial charge in [-0.15, -0.1) is 0 Å². The zero-order chi connectivity index (χ0) is 20.8. The van der Waals surface area contributed by atoms with Crippen LogP contribution in [0, 0.1) is 5.82 Å². The first-order valence-corrected chi connectivity index (χ1v) is 10.5. The molecule has 7 nitrogen and oxygen atoms in total. The lowest BCUT2D eigenvalue weighted by molar-refractivity contribution is -0.133. The van der Waals surface area contributed by atoms with Gasteiger partial charge >= 0.3 is 0 Å². The molecule has 2 fully saturated rings. The molecule has 0 aliphatic carbocycles. The molecule has 1 aromatic rings. The third-order valence-electron chi connectivity index (χ3n) is 5.90. The van der Waals surface area contributed by atoms with Gasteiger partial charge in [0.15, 0.2) is 0 Å². The van der Waals surface area contributed by atoms with Gasteiger partial charge in [0, 0.05) is 44.3 Å². The van der Waals surface area contributed by atoms with Gasteiger partial charge in [-0.3, -0.25) is 19.8 Å². The standard InChI is InChI=1S/C21H32FN5O2/c1-3-16(8-9-23-2)26-10-12-27(13-11-26)19-6-4-15(14-17(19)22)24-18-5-7-20(28)25-21(18)29/h4,6,14,16,18,23-24H,3,5,7-13H2,1-2H3,(H,25,28,29). The Hall–Kier alpha value is -2.19. The highest BCUT2D eigenvalue weighted by molar-refractivity contribution is 6.01. The number of imide groups is 1. The third kappa shape index (κ3) is 5.45. The van der Waals surface area contributed by atoms with Crippen LogP contribution in [0.4, 0.5) is 15.8 Å². The summed E-state index contributed by atoms with van der Waals surface area (Å²) in [4.78, 5) is 27.7. The van der Waals surface area contributed by atoms with Crippen LogP contribution in [0.1, 0.15) is 32.6 Å². The van der Waals surface area contributed by atoms with Gasteiger partial charge in [-0.25, -0.2) is 4.39 Å². The number of benzene rings is 1. The monoisotopic (exact) mass is 405 g/mol. The lowest BCUT2D eigenvalue weighted by atomic mass is 10.1. The molecule has 2 aliphatic rings.